The molecule has 4 nitrogen and oxygen atoms in total. The van der Waals surface area contributed by atoms with E-state index in [0.717, 1.165) is 35.5 Å². The van der Waals surface area contributed by atoms with Crippen LogP contribution in [0, 0.1) is 0 Å². The molecule has 1 aromatic carbocycles. The zero-order chi connectivity index (χ0) is 19.6. The van der Waals surface area contributed by atoms with Crippen molar-refractivity contribution in [2.45, 2.75) is 59.5 Å². The number of halogens is 2. The maximum absolute atomic E-state index is 6.02. The fourth-order valence-corrected chi connectivity index (χ4v) is 2.31. The van der Waals surface area contributed by atoms with Crippen molar-refractivity contribution in [1.82, 2.24) is 0 Å². The summed E-state index contributed by atoms with van der Waals surface area (Å²) < 4.78 is 11.9. The molecule has 0 saturated carbocycles. The molecule has 0 fully saturated rings. The molecular weight excluding hydrogens is 373 g/mol. The molecular formula is C20H29Cl2NO3. The van der Waals surface area contributed by atoms with Crippen LogP contribution in [0.5, 0.6) is 11.5 Å². The van der Waals surface area contributed by atoms with Gasteiger partial charge in [0.15, 0.2) is 0 Å². The van der Waals surface area contributed by atoms with Crippen molar-refractivity contribution in [3.05, 3.63) is 33.8 Å². The van der Waals surface area contributed by atoms with Crippen LogP contribution in [0.2, 0.25) is 0 Å². The second-order valence-corrected chi connectivity index (χ2v) is 7.72. The molecule has 0 N–H and O–H groups in total. The molecule has 0 aliphatic carbocycles. The Bertz CT molecular complexity index is 593. The number of hydrogen-bond acceptors (Lipinski definition) is 4. The van der Waals surface area contributed by atoms with Crippen LogP contribution in [-0.4, -0.2) is 25.0 Å². The third-order valence-corrected chi connectivity index (χ3v) is 3.67. The van der Waals surface area contributed by atoms with Gasteiger partial charge in [0.05, 0.1) is 6.61 Å². The summed E-state index contributed by atoms with van der Waals surface area (Å²) in [6, 6.07) is 4.00. The normalized spacial score (nSPS) is 11.5. The minimum atomic E-state index is -0.277. The Balaban J connectivity index is 2.73. The lowest BCUT2D eigenvalue weighted by Gasteiger charge is -2.17. The van der Waals surface area contributed by atoms with Crippen LogP contribution in [0.4, 0.5) is 0 Å². The maximum Gasteiger partial charge on any atom is 0.129 e. The summed E-state index contributed by atoms with van der Waals surface area (Å²) in [6.45, 7) is 11.0. The number of oxime groups is 1. The van der Waals surface area contributed by atoms with Crippen LogP contribution < -0.4 is 9.47 Å². The van der Waals surface area contributed by atoms with Gasteiger partial charge in [0.1, 0.15) is 28.2 Å². The predicted octanol–water partition coefficient (Wildman–Crippen LogP) is 6.08. The van der Waals surface area contributed by atoms with E-state index >= 15 is 0 Å². The fourth-order valence-electron chi connectivity index (χ4n) is 2.18. The molecule has 0 bridgehead atoms. The predicted molar refractivity (Wildman–Crippen MR) is 110 cm³/mol. The molecule has 0 aromatic heterocycles. The molecule has 0 radical (unpaired) electrons. The summed E-state index contributed by atoms with van der Waals surface area (Å²) in [6.07, 6.45) is 5.74. The summed E-state index contributed by atoms with van der Waals surface area (Å²) in [4.78, 5) is 5.32. The summed E-state index contributed by atoms with van der Waals surface area (Å²) >= 11 is 11.2. The average Bonchev–Trinajstić information content (AvgIpc) is 2.56. The minimum absolute atomic E-state index is 0.202. The maximum atomic E-state index is 6.02. The lowest BCUT2D eigenvalue weighted by Crippen LogP contribution is -2.15. The van der Waals surface area contributed by atoms with Crippen molar-refractivity contribution in [2.24, 2.45) is 5.16 Å². The standard InChI is InChI=1S/C20H29Cl2NO3/c1-6-15-13-17(24-12-9-18(21)22)14-16(7-2)19(15)25-11-8-10-23-26-20(3,4)5/h9-10,13-14H,6-8,11-12H2,1-5H3/b23-10+. The Morgan fingerprint density at radius 1 is 1.08 bits per heavy atom. The molecule has 0 aliphatic heterocycles. The quantitative estimate of drug-likeness (QED) is 0.271. The Morgan fingerprint density at radius 3 is 2.19 bits per heavy atom. The van der Waals surface area contributed by atoms with E-state index in [1.165, 1.54) is 0 Å². The highest BCUT2D eigenvalue weighted by atomic mass is 35.5. The van der Waals surface area contributed by atoms with Crippen molar-refractivity contribution in [3.8, 4) is 11.5 Å². The van der Waals surface area contributed by atoms with Crippen LogP contribution in [-0.2, 0) is 17.7 Å². The van der Waals surface area contributed by atoms with Crippen molar-refractivity contribution < 1.29 is 14.3 Å². The third-order valence-electron chi connectivity index (χ3n) is 3.36. The van der Waals surface area contributed by atoms with Gasteiger partial charge < -0.3 is 14.3 Å². The highest BCUT2D eigenvalue weighted by molar-refractivity contribution is 6.55. The van der Waals surface area contributed by atoms with Gasteiger partial charge in [0, 0.05) is 12.6 Å². The number of aryl methyl sites for hydroxylation is 2. The van der Waals surface area contributed by atoms with Crippen LogP contribution in [0.3, 0.4) is 0 Å². The van der Waals surface area contributed by atoms with E-state index in [0.29, 0.717) is 19.6 Å². The van der Waals surface area contributed by atoms with Crippen molar-refractivity contribution in [3.63, 3.8) is 0 Å². The van der Waals surface area contributed by atoms with Gasteiger partial charge in [-0.1, -0.05) is 42.2 Å². The van der Waals surface area contributed by atoms with E-state index in [1.54, 1.807) is 12.3 Å². The van der Waals surface area contributed by atoms with Gasteiger partial charge in [-0.3, -0.25) is 0 Å². The number of hydrogen-bond donors (Lipinski definition) is 0. The zero-order valence-corrected chi connectivity index (χ0v) is 17.8. The second kappa shape index (κ2) is 11.3. The number of rotatable bonds is 10. The van der Waals surface area contributed by atoms with E-state index in [1.807, 2.05) is 32.9 Å². The van der Waals surface area contributed by atoms with E-state index in [9.17, 15) is 0 Å². The highest BCUT2D eigenvalue weighted by Crippen LogP contribution is 2.31. The molecule has 0 aliphatic rings. The summed E-state index contributed by atoms with van der Waals surface area (Å²) in [7, 11) is 0. The summed E-state index contributed by atoms with van der Waals surface area (Å²) in [5, 5.41) is 3.97. The van der Waals surface area contributed by atoms with Gasteiger partial charge in [0.25, 0.3) is 0 Å². The summed E-state index contributed by atoms with van der Waals surface area (Å²) in [5.41, 5.74) is 1.95. The molecule has 0 unspecified atom stereocenters. The Morgan fingerprint density at radius 2 is 1.69 bits per heavy atom. The topological polar surface area (TPSA) is 40.0 Å². The molecule has 0 heterocycles. The van der Waals surface area contributed by atoms with E-state index in [-0.39, 0.29) is 10.1 Å². The minimum Gasteiger partial charge on any atom is -0.493 e. The van der Waals surface area contributed by atoms with Gasteiger partial charge in [-0.2, -0.15) is 0 Å². The van der Waals surface area contributed by atoms with Gasteiger partial charge in [0.2, 0.25) is 0 Å². The third kappa shape index (κ3) is 8.81. The van der Waals surface area contributed by atoms with Crippen molar-refractivity contribution in [2.75, 3.05) is 13.2 Å². The SMILES string of the molecule is CCc1cc(OCC=C(Cl)Cl)cc(CC)c1OCC/C=N/OC(C)(C)C. The first-order chi connectivity index (χ1) is 12.3. The molecule has 0 saturated heterocycles. The van der Waals surface area contributed by atoms with E-state index < -0.39 is 0 Å². The number of benzene rings is 1. The van der Waals surface area contributed by atoms with Crippen LogP contribution in [0.15, 0.2) is 27.9 Å². The Hall–Kier alpha value is -1.39. The molecule has 26 heavy (non-hydrogen) atoms. The molecule has 0 spiro atoms. The number of nitrogens with zero attached hydrogens (tertiary/aromatic N) is 1. The summed E-state index contributed by atoms with van der Waals surface area (Å²) in [5.74, 6) is 1.72. The first-order valence-corrected chi connectivity index (χ1v) is 9.65. The zero-order valence-electron chi connectivity index (χ0n) is 16.3. The van der Waals surface area contributed by atoms with E-state index in [4.69, 9.17) is 37.5 Å². The van der Waals surface area contributed by atoms with Crippen LogP contribution >= 0.6 is 23.2 Å². The molecule has 0 atom stereocenters. The lowest BCUT2D eigenvalue weighted by atomic mass is 10.0. The molecule has 146 valence electrons. The van der Waals surface area contributed by atoms with Gasteiger partial charge >= 0.3 is 0 Å². The lowest BCUT2D eigenvalue weighted by molar-refractivity contribution is 0.00148. The molecule has 1 aromatic rings. The van der Waals surface area contributed by atoms with Gasteiger partial charge in [-0.05, 0) is 62.9 Å². The van der Waals surface area contributed by atoms with Crippen LogP contribution in [0.1, 0.15) is 52.2 Å². The molecule has 0 amide bonds. The Labute approximate surface area is 167 Å². The molecule has 1 rings (SSSR count). The van der Waals surface area contributed by atoms with Gasteiger partial charge in [-0.25, -0.2) is 0 Å². The first-order valence-electron chi connectivity index (χ1n) is 8.89. The fraction of sp³-hybridized carbons (Fsp3) is 0.550. The second-order valence-electron chi connectivity index (χ2n) is 6.71. The largest absolute Gasteiger partial charge is 0.493 e. The highest BCUT2D eigenvalue weighted by Gasteiger charge is 2.12. The Kier molecular flexibility index (Phi) is 9.89. The average molecular weight is 402 g/mol. The monoisotopic (exact) mass is 401 g/mol. The van der Waals surface area contributed by atoms with Crippen LogP contribution in [0.25, 0.3) is 0 Å². The smallest absolute Gasteiger partial charge is 0.129 e. The van der Waals surface area contributed by atoms with Crippen molar-refractivity contribution in [1.29, 1.82) is 0 Å². The number of ether oxygens (including phenoxy) is 2. The first kappa shape index (κ1) is 22.7. The van der Waals surface area contributed by atoms with Gasteiger partial charge in [-0.15, -0.1) is 0 Å². The molecule has 6 heteroatoms. The van der Waals surface area contributed by atoms with Crippen molar-refractivity contribution >= 4 is 29.4 Å². The van der Waals surface area contributed by atoms with E-state index in [2.05, 4.69) is 19.0 Å².